The topological polar surface area (TPSA) is 35.5 Å². The molecule has 1 aromatic carbocycles. The van der Waals surface area contributed by atoms with E-state index in [2.05, 4.69) is 15.4 Å². The maximum Gasteiger partial charge on any atom is 0.387 e. The predicted octanol–water partition coefficient (Wildman–Crippen LogP) is 2.08. The molecule has 0 aliphatic heterocycles. The quantitative estimate of drug-likeness (QED) is 0.582. The summed E-state index contributed by atoms with van der Waals surface area (Å²) in [5.74, 6) is 1.33. The Morgan fingerprint density at radius 2 is 2.25 bits per heavy atom. The zero-order chi connectivity index (χ0) is 12.0. The molecule has 0 bridgehead atoms. The largest absolute Gasteiger partial charge is 0.449 e. The van der Waals surface area contributed by atoms with Gasteiger partial charge in [-0.2, -0.15) is 8.78 Å². The Kier molecular flexibility index (Phi) is 4.28. The lowest BCUT2D eigenvalue weighted by Crippen LogP contribution is -2.07. The van der Waals surface area contributed by atoms with Gasteiger partial charge < -0.3 is 9.47 Å². The fourth-order valence-electron chi connectivity index (χ4n) is 0.990. The summed E-state index contributed by atoms with van der Waals surface area (Å²) in [7, 11) is 0. The molecule has 0 saturated heterocycles. The van der Waals surface area contributed by atoms with E-state index in [1.165, 1.54) is 18.2 Å². The number of carbonyl (C=O) groups excluding carboxylic acids is 1. The molecular formula is C11H8F2O3. The highest BCUT2D eigenvalue weighted by Gasteiger charge is 2.09. The summed E-state index contributed by atoms with van der Waals surface area (Å²) in [6, 6.07) is 5.29. The Bertz CT molecular complexity index is 410. The second kappa shape index (κ2) is 5.71. The van der Waals surface area contributed by atoms with Crippen LogP contribution >= 0.6 is 0 Å². The van der Waals surface area contributed by atoms with Gasteiger partial charge >= 0.3 is 12.6 Å². The molecule has 3 nitrogen and oxygen atoms in total. The zero-order valence-electron chi connectivity index (χ0n) is 8.15. The number of halogens is 2. The van der Waals surface area contributed by atoms with Crippen molar-refractivity contribution in [2.24, 2.45) is 0 Å². The van der Waals surface area contributed by atoms with Crippen LogP contribution in [-0.2, 0) is 4.74 Å². The molecule has 0 fully saturated rings. The molecule has 0 aliphatic carbocycles. The average molecular weight is 226 g/mol. The van der Waals surface area contributed by atoms with Gasteiger partial charge in [0.2, 0.25) is 0 Å². The first-order valence-corrected chi connectivity index (χ1v) is 4.29. The summed E-state index contributed by atoms with van der Waals surface area (Å²) in [5.41, 5.74) is 0.105. The van der Waals surface area contributed by atoms with Gasteiger partial charge in [0.15, 0.2) is 6.61 Å². The molecule has 84 valence electrons. The highest BCUT2D eigenvalue weighted by molar-refractivity contribution is 5.89. The third-order valence-corrected chi connectivity index (χ3v) is 1.58. The molecular weight excluding hydrogens is 218 g/mol. The van der Waals surface area contributed by atoms with Crippen molar-refractivity contribution >= 4 is 5.97 Å². The van der Waals surface area contributed by atoms with Gasteiger partial charge in [-0.05, 0) is 18.2 Å². The van der Waals surface area contributed by atoms with E-state index in [0.717, 1.165) is 6.07 Å². The first kappa shape index (κ1) is 12.0. The first-order chi connectivity index (χ1) is 7.63. The van der Waals surface area contributed by atoms with Crippen molar-refractivity contribution in [1.82, 2.24) is 0 Å². The van der Waals surface area contributed by atoms with Gasteiger partial charge in [-0.1, -0.05) is 12.0 Å². The van der Waals surface area contributed by atoms with E-state index in [4.69, 9.17) is 6.42 Å². The Morgan fingerprint density at radius 3 is 2.88 bits per heavy atom. The Hall–Kier alpha value is -2.09. The van der Waals surface area contributed by atoms with E-state index >= 15 is 0 Å². The molecule has 0 heterocycles. The molecule has 0 amide bonds. The summed E-state index contributed by atoms with van der Waals surface area (Å²) in [6.07, 6.45) is 4.90. The third-order valence-electron chi connectivity index (χ3n) is 1.58. The molecule has 16 heavy (non-hydrogen) atoms. The summed E-state index contributed by atoms with van der Waals surface area (Å²) in [5, 5.41) is 0. The highest BCUT2D eigenvalue weighted by atomic mass is 19.3. The number of terminal acetylenes is 1. The minimum Gasteiger partial charge on any atom is -0.449 e. The average Bonchev–Trinajstić information content (AvgIpc) is 2.25. The number of esters is 1. The maximum atomic E-state index is 11.9. The van der Waals surface area contributed by atoms with Gasteiger partial charge in [-0.3, -0.25) is 0 Å². The number of hydrogen-bond donors (Lipinski definition) is 0. The fourth-order valence-corrected chi connectivity index (χ4v) is 0.990. The Balaban J connectivity index is 2.74. The number of rotatable bonds is 4. The SMILES string of the molecule is C#CCOC(=O)c1cccc(OC(F)F)c1. The van der Waals surface area contributed by atoms with Gasteiger partial charge in [0.1, 0.15) is 5.75 Å². The molecule has 0 atom stereocenters. The van der Waals surface area contributed by atoms with Gasteiger partial charge in [-0.25, -0.2) is 4.79 Å². The second-order valence-corrected chi connectivity index (χ2v) is 2.69. The zero-order valence-corrected chi connectivity index (χ0v) is 8.15. The lowest BCUT2D eigenvalue weighted by molar-refractivity contribution is -0.0499. The smallest absolute Gasteiger partial charge is 0.387 e. The minimum atomic E-state index is -2.93. The van der Waals surface area contributed by atoms with E-state index in [1.54, 1.807) is 0 Å². The van der Waals surface area contributed by atoms with E-state index < -0.39 is 12.6 Å². The normalized spacial score (nSPS) is 9.62. The van der Waals surface area contributed by atoms with Crippen LogP contribution in [0.15, 0.2) is 24.3 Å². The summed E-state index contributed by atoms with van der Waals surface area (Å²) < 4.78 is 32.5. The number of benzene rings is 1. The molecule has 5 heteroatoms. The van der Waals surface area contributed by atoms with Crippen molar-refractivity contribution < 1.29 is 23.0 Å². The van der Waals surface area contributed by atoms with Crippen LogP contribution in [0.25, 0.3) is 0 Å². The van der Waals surface area contributed by atoms with E-state index in [9.17, 15) is 13.6 Å². The molecule has 0 unspecified atom stereocenters. The van der Waals surface area contributed by atoms with Gasteiger partial charge in [-0.15, -0.1) is 6.42 Å². The summed E-state index contributed by atoms with van der Waals surface area (Å²) in [4.78, 5) is 11.3. The van der Waals surface area contributed by atoms with E-state index in [-0.39, 0.29) is 17.9 Å². The fraction of sp³-hybridized carbons (Fsp3) is 0.182. The Labute approximate surface area is 91.0 Å². The minimum absolute atomic E-state index is 0.105. The van der Waals surface area contributed by atoms with Crippen LogP contribution in [0.4, 0.5) is 8.78 Å². The van der Waals surface area contributed by atoms with Crippen LogP contribution in [0.1, 0.15) is 10.4 Å². The van der Waals surface area contributed by atoms with Gasteiger partial charge in [0.25, 0.3) is 0 Å². The van der Waals surface area contributed by atoms with Crippen LogP contribution in [0, 0.1) is 12.3 Å². The number of ether oxygens (including phenoxy) is 2. The standard InChI is InChI=1S/C11H8F2O3/c1-2-6-15-10(14)8-4-3-5-9(7-8)16-11(12)13/h1,3-5,7,11H,6H2. The van der Waals surface area contributed by atoms with Crippen molar-refractivity contribution in [2.45, 2.75) is 6.61 Å². The van der Waals surface area contributed by atoms with E-state index in [1.807, 2.05) is 0 Å². The molecule has 0 spiro atoms. The molecule has 0 saturated carbocycles. The van der Waals surface area contributed by atoms with Crippen LogP contribution in [-0.4, -0.2) is 19.2 Å². The van der Waals surface area contributed by atoms with Crippen molar-refractivity contribution in [3.8, 4) is 18.1 Å². The van der Waals surface area contributed by atoms with Crippen LogP contribution in [0.2, 0.25) is 0 Å². The third kappa shape index (κ3) is 3.58. The number of hydrogen-bond acceptors (Lipinski definition) is 3. The van der Waals surface area contributed by atoms with Crippen molar-refractivity contribution in [1.29, 1.82) is 0 Å². The lowest BCUT2D eigenvalue weighted by atomic mass is 10.2. The lowest BCUT2D eigenvalue weighted by Gasteiger charge is -2.05. The Morgan fingerprint density at radius 1 is 1.50 bits per heavy atom. The van der Waals surface area contributed by atoms with Gasteiger partial charge in [0.05, 0.1) is 5.56 Å². The molecule has 0 aliphatic rings. The summed E-state index contributed by atoms with van der Waals surface area (Å²) >= 11 is 0. The highest BCUT2D eigenvalue weighted by Crippen LogP contribution is 2.16. The molecule has 1 aromatic rings. The first-order valence-electron chi connectivity index (χ1n) is 4.29. The van der Waals surface area contributed by atoms with Crippen molar-refractivity contribution in [2.75, 3.05) is 6.61 Å². The molecule has 0 radical (unpaired) electrons. The number of carbonyl (C=O) groups is 1. The molecule has 0 N–H and O–H groups in total. The summed E-state index contributed by atoms with van der Waals surface area (Å²) in [6.45, 7) is -3.10. The molecule has 0 aromatic heterocycles. The predicted molar refractivity (Wildman–Crippen MR) is 52.2 cm³/mol. The van der Waals surface area contributed by atoms with Crippen molar-refractivity contribution in [3.63, 3.8) is 0 Å². The number of alkyl halides is 2. The monoisotopic (exact) mass is 226 g/mol. The molecule has 1 rings (SSSR count). The van der Waals surface area contributed by atoms with Crippen molar-refractivity contribution in [3.05, 3.63) is 29.8 Å². The van der Waals surface area contributed by atoms with Crippen LogP contribution in [0.3, 0.4) is 0 Å². The van der Waals surface area contributed by atoms with E-state index in [0.29, 0.717) is 0 Å². The van der Waals surface area contributed by atoms with Gasteiger partial charge in [0, 0.05) is 0 Å². The van der Waals surface area contributed by atoms with Crippen LogP contribution < -0.4 is 4.74 Å². The van der Waals surface area contributed by atoms with Crippen LogP contribution in [0.5, 0.6) is 5.75 Å². The second-order valence-electron chi connectivity index (χ2n) is 2.69. The maximum absolute atomic E-state index is 11.9.